The smallest absolute Gasteiger partial charge is 0.379 e. The number of thioether (sulfide) groups is 1. The minimum absolute atomic E-state index is 0.0552. The van der Waals surface area contributed by atoms with Crippen LogP contribution in [-0.2, 0) is 14.3 Å². The first-order valence-electron chi connectivity index (χ1n) is 5.31. The van der Waals surface area contributed by atoms with E-state index >= 15 is 0 Å². The molecule has 0 saturated heterocycles. The lowest BCUT2D eigenvalue weighted by atomic mass is 10.1. The number of carbonyl (C=O) groups is 3. The van der Waals surface area contributed by atoms with Crippen LogP contribution < -0.4 is 0 Å². The molecule has 0 aliphatic carbocycles. The number of Topliss-reactive ketones (excluding diaryl/α,β-unsaturated/α-hetero) is 1. The van der Waals surface area contributed by atoms with Crippen molar-refractivity contribution >= 4 is 29.5 Å². The van der Waals surface area contributed by atoms with Crippen LogP contribution in [-0.4, -0.2) is 35.2 Å². The summed E-state index contributed by atoms with van der Waals surface area (Å²) in [5, 5.41) is 8.48. The van der Waals surface area contributed by atoms with Crippen molar-refractivity contribution in [3.05, 3.63) is 29.6 Å². The lowest BCUT2D eigenvalue weighted by molar-refractivity contribution is -0.137. The van der Waals surface area contributed by atoms with Gasteiger partial charge in [-0.1, -0.05) is 0 Å². The summed E-state index contributed by atoms with van der Waals surface area (Å²) in [4.78, 5) is 33.2. The third-order valence-electron chi connectivity index (χ3n) is 2.01. The van der Waals surface area contributed by atoms with Gasteiger partial charge in [0.2, 0.25) is 0 Å². The number of hydrogen-bond donors (Lipinski definition) is 1. The second-order valence-corrected chi connectivity index (χ2v) is 4.39. The van der Waals surface area contributed by atoms with Crippen LogP contribution in [0.1, 0.15) is 17.3 Å². The molecule has 19 heavy (non-hydrogen) atoms. The molecule has 0 aliphatic rings. The molecule has 5 nitrogen and oxygen atoms in total. The maximum atomic E-state index is 13.6. The highest BCUT2D eigenvalue weighted by Gasteiger charge is 2.19. The molecule has 0 spiro atoms. The van der Waals surface area contributed by atoms with Gasteiger partial charge < -0.3 is 9.84 Å². The van der Waals surface area contributed by atoms with Crippen molar-refractivity contribution < 1.29 is 28.6 Å². The van der Waals surface area contributed by atoms with Gasteiger partial charge in [0.15, 0.2) is 0 Å². The van der Waals surface area contributed by atoms with E-state index in [4.69, 9.17) is 5.11 Å². The van der Waals surface area contributed by atoms with E-state index in [9.17, 15) is 18.8 Å². The number of halogens is 1. The molecule has 0 aliphatic heterocycles. The Morgan fingerprint density at radius 1 is 1.37 bits per heavy atom. The molecule has 0 heterocycles. The number of carboxylic acids is 1. The van der Waals surface area contributed by atoms with E-state index in [-0.39, 0.29) is 22.8 Å². The van der Waals surface area contributed by atoms with Crippen molar-refractivity contribution in [3.8, 4) is 0 Å². The standard InChI is InChI=1S/C12H11FO5S/c1-2-18-12(17)11(16)7-3-4-9(8(13)5-7)19-6-10(14)15/h3-5H,2,6H2,1H3,(H,14,15). The van der Waals surface area contributed by atoms with E-state index in [0.29, 0.717) is 0 Å². The Hall–Kier alpha value is -1.89. The van der Waals surface area contributed by atoms with Crippen LogP contribution in [0.15, 0.2) is 23.1 Å². The fraction of sp³-hybridized carbons (Fsp3) is 0.250. The average Bonchev–Trinajstić information content (AvgIpc) is 2.36. The number of hydrogen-bond acceptors (Lipinski definition) is 5. The van der Waals surface area contributed by atoms with Gasteiger partial charge in [0.25, 0.3) is 5.78 Å². The van der Waals surface area contributed by atoms with E-state index in [2.05, 4.69) is 4.74 Å². The SMILES string of the molecule is CCOC(=O)C(=O)c1ccc(SCC(=O)O)c(F)c1. The lowest BCUT2D eigenvalue weighted by Crippen LogP contribution is -2.17. The molecule has 7 heteroatoms. The van der Waals surface area contributed by atoms with Crippen molar-refractivity contribution in [1.29, 1.82) is 0 Å². The fourth-order valence-corrected chi connectivity index (χ4v) is 1.85. The van der Waals surface area contributed by atoms with Crippen LogP contribution >= 0.6 is 11.8 Å². The molecular formula is C12H11FO5S. The van der Waals surface area contributed by atoms with Crippen LogP contribution in [0.3, 0.4) is 0 Å². The number of ether oxygens (including phenoxy) is 1. The largest absolute Gasteiger partial charge is 0.481 e. The number of rotatable bonds is 6. The Morgan fingerprint density at radius 3 is 2.58 bits per heavy atom. The molecule has 0 unspecified atom stereocenters. The first-order chi connectivity index (χ1) is 8.95. The molecule has 102 valence electrons. The van der Waals surface area contributed by atoms with Crippen molar-refractivity contribution in [3.63, 3.8) is 0 Å². The van der Waals surface area contributed by atoms with Gasteiger partial charge in [0.05, 0.1) is 12.4 Å². The van der Waals surface area contributed by atoms with Gasteiger partial charge in [0.1, 0.15) is 5.82 Å². The molecule has 0 fully saturated rings. The summed E-state index contributed by atoms with van der Waals surface area (Å²) >= 11 is 0.792. The summed E-state index contributed by atoms with van der Waals surface area (Å²) in [6, 6.07) is 3.41. The number of ketones is 1. The van der Waals surface area contributed by atoms with Gasteiger partial charge in [-0.3, -0.25) is 9.59 Å². The lowest BCUT2D eigenvalue weighted by Gasteiger charge is -2.04. The fourth-order valence-electron chi connectivity index (χ4n) is 1.21. The minimum atomic E-state index is -1.07. The van der Waals surface area contributed by atoms with Gasteiger partial charge >= 0.3 is 11.9 Å². The highest BCUT2D eigenvalue weighted by atomic mass is 32.2. The average molecular weight is 286 g/mol. The van der Waals surface area contributed by atoms with Gasteiger partial charge in [0, 0.05) is 10.5 Å². The van der Waals surface area contributed by atoms with Crippen molar-refractivity contribution in [2.75, 3.05) is 12.4 Å². The van der Waals surface area contributed by atoms with E-state index in [1.807, 2.05) is 0 Å². The molecule has 1 aromatic carbocycles. The molecule has 0 radical (unpaired) electrons. The Kier molecular flexibility index (Phi) is 5.50. The van der Waals surface area contributed by atoms with Crippen LogP contribution in [0.25, 0.3) is 0 Å². The summed E-state index contributed by atoms with van der Waals surface area (Å²) in [6.45, 7) is 1.61. The minimum Gasteiger partial charge on any atom is -0.481 e. The molecule has 0 bridgehead atoms. The van der Waals surface area contributed by atoms with E-state index < -0.39 is 23.5 Å². The maximum absolute atomic E-state index is 13.6. The zero-order chi connectivity index (χ0) is 14.4. The topological polar surface area (TPSA) is 80.7 Å². The predicted molar refractivity (Wildman–Crippen MR) is 65.7 cm³/mol. The van der Waals surface area contributed by atoms with Crippen LogP contribution in [0.5, 0.6) is 0 Å². The van der Waals surface area contributed by atoms with Gasteiger partial charge in [-0.05, 0) is 25.1 Å². The molecule has 0 saturated carbocycles. The van der Waals surface area contributed by atoms with Crippen molar-refractivity contribution in [1.82, 2.24) is 0 Å². The third-order valence-corrected chi connectivity index (χ3v) is 3.04. The zero-order valence-electron chi connectivity index (χ0n) is 10.0. The Morgan fingerprint density at radius 2 is 2.05 bits per heavy atom. The first kappa shape index (κ1) is 15.2. The monoisotopic (exact) mass is 286 g/mol. The zero-order valence-corrected chi connectivity index (χ0v) is 10.8. The second kappa shape index (κ2) is 6.89. The van der Waals surface area contributed by atoms with Gasteiger partial charge in [-0.25, -0.2) is 9.18 Å². The molecule has 1 N–H and O–H groups in total. The van der Waals surface area contributed by atoms with E-state index in [1.54, 1.807) is 6.92 Å². The van der Waals surface area contributed by atoms with Crippen molar-refractivity contribution in [2.45, 2.75) is 11.8 Å². The van der Waals surface area contributed by atoms with Gasteiger partial charge in [-0.15, -0.1) is 11.8 Å². The molecule has 1 aromatic rings. The van der Waals surface area contributed by atoms with E-state index in [0.717, 1.165) is 17.8 Å². The first-order valence-corrected chi connectivity index (χ1v) is 6.29. The highest BCUT2D eigenvalue weighted by molar-refractivity contribution is 8.00. The Labute approximate surface area is 112 Å². The molecule has 0 amide bonds. The molecule has 1 rings (SSSR count). The summed E-state index contributed by atoms with van der Waals surface area (Å²) < 4.78 is 18.1. The van der Waals surface area contributed by atoms with Crippen LogP contribution in [0.4, 0.5) is 4.39 Å². The number of esters is 1. The second-order valence-electron chi connectivity index (χ2n) is 3.38. The van der Waals surface area contributed by atoms with E-state index in [1.165, 1.54) is 12.1 Å². The normalized spacial score (nSPS) is 10.0. The number of carboxylic acid groups (broad SMARTS) is 1. The maximum Gasteiger partial charge on any atom is 0.379 e. The number of benzene rings is 1. The summed E-state index contributed by atoms with van der Waals surface area (Å²) in [5.74, 6) is -4.09. The summed E-state index contributed by atoms with van der Waals surface area (Å²) in [6.07, 6.45) is 0. The summed E-state index contributed by atoms with van der Waals surface area (Å²) in [7, 11) is 0. The molecule has 0 aromatic heterocycles. The predicted octanol–water partition coefficient (Wildman–Crippen LogP) is 1.75. The Bertz CT molecular complexity index is 515. The van der Waals surface area contributed by atoms with Crippen LogP contribution in [0, 0.1) is 5.82 Å². The number of aliphatic carboxylic acids is 1. The summed E-state index contributed by atoms with van der Waals surface area (Å²) in [5.41, 5.74) is -0.129. The molecular weight excluding hydrogens is 275 g/mol. The van der Waals surface area contributed by atoms with Gasteiger partial charge in [-0.2, -0.15) is 0 Å². The van der Waals surface area contributed by atoms with Crippen LogP contribution in [0.2, 0.25) is 0 Å². The Balaban J connectivity index is 2.84. The third kappa shape index (κ3) is 4.36. The highest BCUT2D eigenvalue weighted by Crippen LogP contribution is 2.22. The quantitative estimate of drug-likeness (QED) is 0.371. The number of carbonyl (C=O) groups excluding carboxylic acids is 2. The van der Waals surface area contributed by atoms with Crippen molar-refractivity contribution in [2.24, 2.45) is 0 Å². The molecule has 0 atom stereocenters.